The van der Waals surface area contributed by atoms with E-state index in [0.29, 0.717) is 10.5 Å². The van der Waals surface area contributed by atoms with E-state index in [1.54, 1.807) is 6.92 Å². The van der Waals surface area contributed by atoms with Gasteiger partial charge in [0.1, 0.15) is 5.75 Å². The van der Waals surface area contributed by atoms with Crippen molar-refractivity contribution in [2.24, 2.45) is 0 Å². The fourth-order valence-electron chi connectivity index (χ4n) is 0.825. The first-order valence-electron chi connectivity index (χ1n) is 4.44. The summed E-state index contributed by atoms with van der Waals surface area (Å²) in [5.41, 5.74) is 0.644. The molecule has 0 N–H and O–H groups in total. The van der Waals surface area contributed by atoms with Crippen molar-refractivity contribution in [2.45, 2.75) is 32.0 Å². The van der Waals surface area contributed by atoms with Crippen molar-refractivity contribution in [2.75, 3.05) is 0 Å². The molecule has 0 bridgehead atoms. The van der Waals surface area contributed by atoms with E-state index in [9.17, 15) is 13.2 Å². The molecular weight excluding hydrogens is 225 g/mol. The van der Waals surface area contributed by atoms with Gasteiger partial charge in [0.15, 0.2) is 0 Å². The second-order valence-electron chi connectivity index (χ2n) is 2.50. The zero-order valence-corrected chi connectivity index (χ0v) is 9.62. The largest absolute Gasteiger partial charge is 0.573 e. The third kappa shape index (κ3) is 5.57. The number of ether oxygens (including phenoxy) is 1. The van der Waals surface area contributed by atoms with E-state index in [4.69, 9.17) is 0 Å². The van der Waals surface area contributed by atoms with Crippen molar-refractivity contribution >= 4 is 12.6 Å². The third-order valence-corrected chi connectivity index (χ3v) is 1.90. The molecule has 0 saturated carbocycles. The monoisotopic (exact) mass is 238 g/mol. The number of rotatable bonds is 1. The minimum atomic E-state index is -4.63. The van der Waals surface area contributed by atoms with E-state index in [1.807, 2.05) is 13.8 Å². The van der Waals surface area contributed by atoms with Crippen molar-refractivity contribution in [3.63, 3.8) is 0 Å². The number of alkyl halides is 3. The van der Waals surface area contributed by atoms with Crippen molar-refractivity contribution in [1.29, 1.82) is 0 Å². The molecule has 5 heteroatoms. The Hall–Kier alpha value is -0.840. The Morgan fingerprint density at radius 3 is 2.13 bits per heavy atom. The first-order valence-corrected chi connectivity index (χ1v) is 4.88. The minimum Gasteiger partial charge on any atom is -0.406 e. The van der Waals surface area contributed by atoms with E-state index >= 15 is 0 Å². The van der Waals surface area contributed by atoms with E-state index < -0.39 is 6.36 Å². The van der Waals surface area contributed by atoms with Crippen LogP contribution in [0, 0.1) is 6.92 Å². The molecule has 0 radical (unpaired) electrons. The van der Waals surface area contributed by atoms with Gasteiger partial charge in [0, 0.05) is 4.90 Å². The average Bonchev–Trinajstić information content (AvgIpc) is 2.12. The maximum Gasteiger partial charge on any atom is 0.573 e. The summed E-state index contributed by atoms with van der Waals surface area (Å²) < 4.78 is 38.9. The van der Waals surface area contributed by atoms with Gasteiger partial charge >= 0.3 is 6.36 Å². The summed E-state index contributed by atoms with van der Waals surface area (Å²) in [5.74, 6) is -0.220. The van der Waals surface area contributed by atoms with Crippen LogP contribution in [0.4, 0.5) is 13.2 Å². The van der Waals surface area contributed by atoms with Crippen molar-refractivity contribution in [3.05, 3.63) is 23.8 Å². The van der Waals surface area contributed by atoms with Crippen LogP contribution < -0.4 is 4.74 Å². The van der Waals surface area contributed by atoms with Gasteiger partial charge < -0.3 is 4.74 Å². The summed E-state index contributed by atoms with van der Waals surface area (Å²) in [7, 11) is 0. The summed E-state index contributed by atoms with van der Waals surface area (Å²) in [6.45, 7) is 5.66. The molecule has 0 spiro atoms. The predicted octanol–water partition coefficient (Wildman–Crippen LogP) is 4.21. The molecule has 0 aliphatic heterocycles. The Morgan fingerprint density at radius 1 is 1.20 bits per heavy atom. The summed E-state index contributed by atoms with van der Waals surface area (Å²) in [6.07, 6.45) is -4.63. The maximum absolute atomic E-state index is 11.7. The first-order chi connectivity index (χ1) is 6.88. The topological polar surface area (TPSA) is 9.23 Å². The molecule has 0 aliphatic carbocycles. The summed E-state index contributed by atoms with van der Waals surface area (Å²) in [4.78, 5) is 0.634. The first kappa shape index (κ1) is 14.2. The highest BCUT2D eigenvalue weighted by Crippen LogP contribution is 2.25. The number of benzene rings is 1. The third-order valence-electron chi connectivity index (χ3n) is 1.40. The Kier molecular flexibility index (Phi) is 5.57. The standard InChI is InChI=1S/C8H7F3OS.C2H6/c1-5-4-6(2-3-7(5)13)12-8(9,10)11;1-2/h2-4,13H,1H3;1-2H3. The second kappa shape index (κ2) is 5.90. The minimum absolute atomic E-state index is 0.220. The fourth-order valence-corrected chi connectivity index (χ4v) is 0.964. The van der Waals surface area contributed by atoms with Crippen LogP contribution in [0.2, 0.25) is 0 Å². The predicted molar refractivity (Wildman–Crippen MR) is 56.5 cm³/mol. The second-order valence-corrected chi connectivity index (χ2v) is 2.98. The normalized spacial score (nSPS) is 10.3. The van der Waals surface area contributed by atoms with Gasteiger partial charge in [-0.25, -0.2) is 0 Å². The van der Waals surface area contributed by atoms with E-state index in [0.717, 1.165) is 0 Å². The molecule has 0 amide bonds. The lowest BCUT2D eigenvalue weighted by atomic mass is 10.2. The molecule has 1 aromatic carbocycles. The van der Waals surface area contributed by atoms with Crippen LogP contribution >= 0.6 is 12.6 Å². The van der Waals surface area contributed by atoms with Crippen molar-refractivity contribution < 1.29 is 17.9 Å². The Balaban J connectivity index is 0.000000921. The Bertz CT molecular complexity index is 310. The van der Waals surface area contributed by atoms with Crippen LogP contribution in [0.25, 0.3) is 0 Å². The van der Waals surface area contributed by atoms with E-state index in [2.05, 4.69) is 17.4 Å². The highest BCUT2D eigenvalue weighted by molar-refractivity contribution is 7.80. The Morgan fingerprint density at radius 2 is 1.73 bits per heavy atom. The smallest absolute Gasteiger partial charge is 0.406 e. The fraction of sp³-hybridized carbons (Fsp3) is 0.400. The van der Waals surface area contributed by atoms with E-state index in [-0.39, 0.29) is 5.75 Å². The summed E-state index contributed by atoms with van der Waals surface area (Å²) in [6, 6.07) is 3.97. The summed E-state index contributed by atoms with van der Waals surface area (Å²) >= 11 is 4.02. The number of hydrogen-bond acceptors (Lipinski definition) is 2. The molecule has 0 fully saturated rings. The van der Waals surface area contributed by atoms with Crippen LogP contribution in [0.5, 0.6) is 5.75 Å². The molecule has 1 nitrogen and oxygen atoms in total. The highest BCUT2D eigenvalue weighted by atomic mass is 32.1. The zero-order valence-electron chi connectivity index (χ0n) is 8.72. The van der Waals surface area contributed by atoms with Gasteiger partial charge in [-0.2, -0.15) is 0 Å². The van der Waals surface area contributed by atoms with Crippen LogP contribution in [0.1, 0.15) is 19.4 Å². The summed E-state index contributed by atoms with van der Waals surface area (Å²) in [5, 5.41) is 0. The van der Waals surface area contributed by atoms with Crippen molar-refractivity contribution in [3.8, 4) is 5.75 Å². The number of hydrogen-bond donors (Lipinski definition) is 1. The van der Waals surface area contributed by atoms with Crippen LogP contribution in [0.15, 0.2) is 23.1 Å². The lowest BCUT2D eigenvalue weighted by Crippen LogP contribution is -2.17. The number of halogens is 3. The van der Waals surface area contributed by atoms with E-state index in [1.165, 1.54) is 18.2 Å². The quantitative estimate of drug-likeness (QED) is 0.721. The Labute approximate surface area is 92.7 Å². The molecule has 0 atom stereocenters. The molecule has 0 heterocycles. The molecule has 1 rings (SSSR count). The molecule has 15 heavy (non-hydrogen) atoms. The molecule has 0 aromatic heterocycles. The number of thiol groups is 1. The molecule has 1 aromatic rings. The number of aryl methyl sites for hydroxylation is 1. The van der Waals surface area contributed by atoms with Crippen LogP contribution in [-0.4, -0.2) is 6.36 Å². The zero-order chi connectivity index (χ0) is 12.1. The van der Waals surface area contributed by atoms with Gasteiger partial charge in [0.05, 0.1) is 0 Å². The van der Waals surface area contributed by atoms with Gasteiger partial charge in [-0.05, 0) is 30.7 Å². The molecule has 86 valence electrons. The molecule has 0 unspecified atom stereocenters. The highest BCUT2D eigenvalue weighted by Gasteiger charge is 2.31. The SMILES string of the molecule is CC.Cc1cc(OC(F)(F)F)ccc1S. The van der Waals surface area contributed by atoms with Gasteiger partial charge in [0.25, 0.3) is 0 Å². The molecule has 0 saturated heterocycles. The van der Waals surface area contributed by atoms with Gasteiger partial charge in [-0.1, -0.05) is 13.8 Å². The maximum atomic E-state index is 11.7. The lowest BCUT2D eigenvalue weighted by molar-refractivity contribution is -0.274. The van der Waals surface area contributed by atoms with Gasteiger partial charge in [-0.3, -0.25) is 0 Å². The van der Waals surface area contributed by atoms with Crippen molar-refractivity contribution in [1.82, 2.24) is 0 Å². The molecule has 0 aliphatic rings. The van der Waals surface area contributed by atoms with Gasteiger partial charge in [0.2, 0.25) is 0 Å². The lowest BCUT2D eigenvalue weighted by Gasteiger charge is -2.09. The van der Waals surface area contributed by atoms with Crippen LogP contribution in [0.3, 0.4) is 0 Å². The average molecular weight is 238 g/mol. The molecular formula is C10H13F3OS. The van der Waals surface area contributed by atoms with Crippen LogP contribution in [-0.2, 0) is 0 Å². The van der Waals surface area contributed by atoms with Gasteiger partial charge in [-0.15, -0.1) is 25.8 Å².